The number of hydrogen-bond acceptors (Lipinski definition) is 0. The third kappa shape index (κ3) is 4.32. The van der Waals surface area contributed by atoms with Crippen molar-refractivity contribution in [2.24, 2.45) is 0 Å². The van der Waals surface area contributed by atoms with Crippen molar-refractivity contribution < 1.29 is 20.9 Å². The number of fused-ring (bicyclic) bond motifs is 1. The molecule has 0 heterocycles. The maximum atomic E-state index is 2.65. The van der Waals surface area contributed by atoms with Crippen molar-refractivity contribution in [2.45, 2.75) is 81.2 Å². The summed E-state index contributed by atoms with van der Waals surface area (Å²) in [5.41, 5.74) is 15.7. The standard InChI is InChI=1S/C20H21.C9H13.C2H7Si.Zr/c1-14-12-16-6-5-7-18(19(16)13-14)15-8-10-17(11-9-15)20(2,3)4;1-6-5-7(2)9(4)8(6)3;1-3-2;/h5-13H,1-4H3;5H,1-4H3;3H,1-2H3;. The van der Waals surface area contributed by atoms with Crippen LogP contribution in [0.15, 0.2) is 70.3 Å². The molecule has 0 radical (unpaired) electrons. The molecule has 2 aliphatic carbocycles. The Bertz CT molecular complexity index is 1140. The van der Waals surface area contributed by atoms with Crippen molar-refractivity contribution in [2.75, 3.05) is 0 Å². The predicted octanol–water partition coefficient (Wildman–Crippen LogP) is 9.19. The first-order valence-electron chi connectivity index (χ1n) is 12.6. The SMILES string of the molecule is CC1=Cc2c(-c3ccc(C(C)(C)C)cc3)cccc2[CH]1[Zr]([CH]1C(C)=C(C)C(C)=C1C)[SiH](C)C. The van der Waals surface area contributed by atoms with Gasteiger partial charge >= 0.3 is 212 Å². The van der Waals surface area contributed by atoms with E-state index in [-0.39, 0.29) is 5.41 Å². The molecule has 0 spiro atoms. The van der Waals surface area contributed by atoms with Gasteiger partial charge < -0.3 is 0 Å². The maximum absolute atomic E-state index is 2.65. The first-order chi connectivity index (χ1) is 15.4. The van der Waals surface area contributed by atoms with Crippen LogP contribution in [0, 0.1) is 0 Å². The third-order valence-corrected chi connectivity index (χ3v) is 30.7. The van der Waals surface area contributed by atoms with Crippen molar-refractivity contribution in [1.29, 1.82) is 0 Å². The summed E-state index contributed by atoms with van der Waals surface area (Å²) in [5, 5.41) is 0. The molecule has 0 saturated carbocycles. The van der Waals surface area contributed by atoms with E-state index in [2.05, 4.69) is 117 Å². The van der Waals surface area contributed by atoms with Gasteiger partial charge in [-0.05, 0) is 0 Å². The second-order valence-corrected chi connectivity index (χ2v) is 31.7. The van der Waals surface area contributed by atoms with Crippen LogP contribution < -0.4 is 0 Å². The molecule has 0 nitrogen and oxygen atoms in total. The van der Waals surface area contributed by atoms with Gasteiger partial charge in [-0.3, -0.25) is 0 Å². The van der Waals surface area contributed by atoms with Crippen LogP contribution >= 0.6 is 0 Å². The van der Waals surface area contributed by atoms with Gasteiger partial charge in [0, 0.05) is 0 Å². The fourth-order valence-corrected chi connectivity index (χ4v) is 30.2. The van der Waals surface area contributed by atoms with Crippen molar-refractivity contribution in [3.8, 4) is 11.1 Å². The summed E-state index contributed by atoms with van der Waals surface area (Å²) < 4.78 is 1.53. The molecule has 0 amide bonds. The zero-order valence-electron chi connectivity index (χ0n) is 22.4. The summed E-state index contributed by atoms with van der Waals surface area (Å²) in [6.45, 7) is 24.2. The van der Waals surface area contributed by atoms with E-state index in [9.17, 15) is 0 Å². The van der Waals surface area contributed by atoms with Gasteiger partial charge in [0.05, 0.1) is 0 Å². The van der Waals surface area contributed by atoms with Crippen molar-refractivity contribution >= 4 is 12.0 Å². The molecule has 0 aliphatic heterocycles. The first-order valence-corrected chi connectivity index (χ1v) is 22.6. The van der Waals surface area contributed by atoms with Crippen LogP contribution in [-0.4, -0.2) is 5.92 Å². The molecule has 0 N–H and O–H groups in total. The Morgan fingerprint density at radius 2 is 1.33 bits per heavy atom. The van der Waals surface area contributed by atoms with Crippen LogP contribution in [0.1, 0.15) is 75.7 Å². The molecule has 1 atom stereocenters. The summed E-state index contributed by atoms with van der Waals surface area (Å²) in [7, 11) is 0. The summed E-state index contributed by atoms with van der Waals surface area (Å²) in [6.07, 6.45) is 2.55. The van der Waals surface area contributed by atoms with Gasteiger partial charge in [0.2, 0.25) is 0 Å². The molecule has 0 saturated heterocycles. The van der Waals surface area contributed by atoms with E-state index in [1.807, 2.05) is 0 Å². The van der Waals surface area contributed by atoms with Crippen molar-refractivity contribution in [3.05, 3.63) is 87.0 Å². The van der Waals surface area contributed by atoms with Gasteiger partial charge in [-0.1, -0.05) is 0 Å². The topological polar surface area (TPSA) is 0 Å². The molecule has 0 aromatic heterocycles. The van der Waals surface area contributed by atoms with E-state index >= 15 is 0 Å². The van der Waals surface area contributed by atoms with Gasteiger partial charge in [-0.2, -0.15) is 0 Å². The molecule has 4 rings (SSSR count). The molecule has 0 fully saturated rings. The van der Waals surface area contributed by atoms with E-state index in [1.165, 1.54) is 22.3 Å². The zero-order chi connectivity index (χ0) is 24.2. The van der Waals surface area contributed by atoms with Gasteiger partial charge in [-0.25, -0.2) is 0 Å². The van der Waals surface area contributed by atoms with E-state index in [0.29, 0.717) is 0 Å². The fraction of sp³-hybridized carbons (Fsp3) is 0.419. The number of rotatable bonds is 4. The van der Waals surface area contributed by atoms with Crippen molar-refractivity contribution in [1.82, 2.24) is 0 Å². The van der Waals surface area contributed by atoms with Crippen LogP contribution in [0.4, 0.5) is 0 Å². The Morgan fingerprint density at radius 3 is 1.85 bits per heavy atom. The van der Waals surface area contributed by atoms with Gasteiger partial charge in [-0.15, -0.1) is 0 Å². The zero-order valence-corrected chi connectivity index (χ0v) is 26.0. The summed E-state index contributed by atoms with van der Waals surface area (Å²) >= 11 is -1.84. The third-order valence-electron chi connectivity index (χ3n) is 8.29. The van der Waals surface area contributed by atoms with E-state index in [1.54, 1.807) is 33.4 Å². The van der Waals surface area contributed by atoms with Crippen LogP contribution in [0.25, 0.3) is 17.2 Å². The number of hydrogen-bond donors (Lipinski definition) is 0. The molecule has 2 heteroatoms. The van der Waals surface area contributed by atoms with Crippen molar-refractivity contribution in [3.63, 3.8) is 0 Å². The number of allylic oxidation sites excluding steroid dienone is 5. The fourth-order valence-electron chi connectivity index (χ4n) is 6.08. The van der Waals surface area contributed by atoms with Gasteiger partial charge in [0.15, 0.2) is 0 Å². The number of benzene rings is 2. The van der Waals surface area contributed by atoms with E-state index in [4.69, 9.17) is 0 Å². The van der Waals surface area contributed by atoms with Gasteiger partial charge in [0.1, 0.15) is 0 Å². The summed E-state index contributed by atoms with van der Waals surface area (Å²) in [5.74, 6) is -0.749. The molecule has 2 aromatic carbocycles. The summed E-state index contributed by atoms with van der Waals surface area (Å²) in [6, 6.07) is 16.5. The monoisotopic (exact) mass is 531 g/mol. The van der Waals surface area contributed by atoms with Gasteiger partial charge in [0.25, 0.3) is 0 Å². The quantitative estimate of drug-likeness (QED) is 0.344. The minimum atomic E-state index is -1.84. The Labute approximate surface area is 211 Å². The van der Waals surface area contributed by atoms with Crippen LogP contribution in [0.5, 0.6) is 0 Å². The predicted molar refractivity (Wildman–Crippen MR) is 146 cm³/mol. The second-order valence-electron chi connectivity index (χ2n) is 11.7. The van der Waals surface area contributed by atoms with Crippen LogP contribution in [0.2, 0.25) is 16.7 Å². The van der Waals surface area contributed by atoms with Crippen LogP contribution in [0.3, 0.4) is 0 Å². The second kappa shape index (κ2) is 9.09. The Hall–Kier alpha value is -1.24. The first kappa shape index (κ1) is 24.9. The van der Waals surface area contributed by atoms with E-state index < -0.39 is 26.8 Å². The van der Waals surface area contributed by atoms with E-state index in [0.717, 1.165) is 7.25 Å². The average molecular weight is 533 g/mol. The molecule has 173 valence electrons. The Morgan fingerprint density at radius 1 is 0.758 bits per heavy atom. The molecule has 1 unspecified atom stereocenters. The molecule has 2 aliphatic rings. The Kier molecular flexibility index (Phi) is 6.85. The molecular formula is C31H41SiZr. The molecule has 2 aromatic rings. The normalized spacial score (nSPS) is 19.0. The summed E-state index contributed by atoms with van der Waals surface area (Å²) in [4.78, 5) is 0. The molecule has 0 bridgehead atoms. The average Bonchev–Trinajstić information content (AvgIpc) is 3.18. The Balaban J connectivity index is 1.80. The molecule has 33 heavy (non-hydrogen) atoms. The van der Waals surface area contributed by atoms with Crippen LogP contribution in [-0.2, 0) is 26.3 Å². The molecular weight excluding hydrogens is 492 g/mol. The minimum absolute atomic E-state index is 0.191.